The van der Waals surface area contributed by atoms with Crippen LogP contribution in [0.4, 0.5) is 10.1 Å². The third-order valence-corrected chi connectivity index (χ3v) is 4.44. The number of fused-ring (bicyclic) bond motifs is 1. The van der Waals surface area contributed by atoms with Gasteiger partial charge in [0.15, 0.2) is 0 Å². The second kappa shape index (κ2) is 6.57. The lowest BCUT2D eigenvalue weighted by atomic mass is 10.0. The number of nitrogens with one attached hydrogen (secondary N) is 2. The smallest absolute Gasteiger partial charge is 0.255 e. The van der Waals surface area contributed by atoms with Crippen molar-refractivity contribution in [3.8, 4) is 5.69 Å². The molecule has 0 fully saturated rings. The van der Waals surface area contributed by atoms with Crippen LogP contribution in [0.3, 0.4) is 0 Å². The molecule has 26 heavy (non-hydrogen) atoms. The quantitative estimate of drug-likeness (QED) is 0.764. The highest BCUT2D eigenvalue weighted by Crippen LogP contribution is 2.27. The summed E-state index contributed by atoms with van der Waals surface area (Å²) in [5.74, 6) is -0.920. The van der Waals surface area contributed by atoms with Crippen LogP contribution in [0.25, 0.3) is 5.69 Å². The Balaban J connectivity index is 1.57. The molecule has 1 aliphatic rings. The van der Waals surface area contributed by atoms with Crippen LogP contribution in [0, 0.1) is 5.82 Å². The van der Waals surface area contributed by atoms with Gasteiger partial charge in [-0.25, -0.2) is 4.39 Å². The molecule has 0 bridgehead atoms. The largest absolute Gasteiger partial charge is 0.322 e. The van der Waals surface area contributed by atoms with E-state index in [9.17, 15) is 14.0 Å². The second-order valence-electron chi connectivity index (χ2n) is 6.08. The van der Waals surface area contributed by atoms with Crippen molar-refractivity contribution in [3.05, 3.63) is 94.2 Å². The molecular formula is C20H16FN3O2. The van der Waals surface area contributed by atoms with Crippen molar-refractivity contribution in [2.24, 2.45) is 0 Å². The van der Waals surface area contributed by atoms with Gasteiger partial charge in [0.1, 0.15) is 11.9 Å². The Morgan fingerprint density at radius 1 is 1.12 bits per heavy atom. The van der Waals surface area contributed by atoms with Gasteiger partial charge in [0.05, 0.1) is 11.4 Å². The van der Waals surface area contributed by atoms with E-state index >= 15 is 0 Å². The molecule has 0 saturated carbocycles. The van der Waals surface area contributed by atoms with Crippen LogP contribution in [-0.4, -0.2) is 10.5 Å². The molecule has 0 spiro atoms. The first-order chi connectivity index (χ1) is 12.6. The highest BCUT2D eigenvalue weighted by Gasteiger charge is 2.28. The van der Waals surface area contributed by atoms with E-state index in [1.165, 1.54) is 22.8 Å². The molecule has 0 aliphatic carbocycles. The first kappa shape index (κ1) is 16.2. The molecule has 2 N–H and O–H groups in total. The maximum Gasteiger partial charge on any atom is 0.255 e. The Morgan fingerprint density at radius 3 is 2.73 bits per heavy atom. The fourth-order valence-corrected chi connectivity index (χ4v) is 3.13. The van der Waals surface area contributed by atoms with Gasteiger partial charge in [0.25, 0.3) is 5.56 Å². The zero-order valence-electron chi connectivity index (χ0n) is 13.8. The van der Waals surface area contributed by atoms with Crippen molar-refractivity contribution in [3.63, 3.8) is 0 Å². The molecule has 4 rings (SSSR count). The van der Waals surface area contributed by atoms with Gasteiger partial charge in [-0.3, -0.25) is 19.5 Å². The Kier molecular flexibility index (Phi) is 4.10. The lowest BCUT2D eigenvalue weighted by molar-refractivity contribution is -0.118. The molecule has 130 valence electrons. The van der Waals surface area contributed by atoms with Crippen LogP contribution >= 0.6 is 0 Å². The number of rotatable bonds is 3. The van der Waals surface area contributed by atoms with Gasteiger partial charge in [-0.2, -0.15) is 0 Å². The minimum atomic E-state index is -0.599. The van der Waals surface area contributed by atoms with Crippen molar-refractivity contribution >= 4 is 11.6 Å². The Morgan fingerprint density at radius 2 is 1.92 bits per heavy atom. The number of carbonyl (C=O) groups excluding carboxylic acids is 1. The van der Waals surface area contributed by atoms with E-state index in [-0.39, 0.29) is 17.2 Å². The highest BCUT2D eigenvalue weighted by molar-refractivity contribution is 5.96. The van der Waals surface area contributed by atoms with E-state index in [4.69, 9.17) is 0 Å². The van der Waals surface area contributed by atoms with E-state index in [0.29, 0.717) is 12.2 Å². The van der Waals surface area contributed by atoms with Crippen molar-refractivity contribution < 1.29 is 9.18 Å². The fraction of sp³-hybridized carbons (Fsp3) is 0.100. The number of anilines is 1. The summed E-state index contributed by atoms with van der Waals surface area (Å²) in [7, 11) is 0. The fourth-order valence-electron chi connectivity index (χ4n) is 3.13. The Labute approximate surface area is 149 Å². The second-order valence-corrected chi connectivity index (χ2v) is 6.08. The zero-order chi connectivity index (χ0) is 18.1. The monoisotopic (exact) mass is 349 g/mol. The van der Waals surface area contributed by atoms with Crippen molar-refractivity contribution in [1.29, 1.82) is 0 Å². The molecule has 1 aliphatic heterocycles. The van der Waals surface area contributed by atoms with E-state index < -0.39 is 11.9 Å². The highest BCUT2D eigenvalue weighted by atomic mass is 19.1. The molecule has 2 aromatic carbocycles. The molecule has 5 nitrogen and oxygen atoms in total. The van der Waals surface area contributed by atoms with Gasteiger partial charge in [0.2, 0.25) is 5.91 Å². The predicted octanol–water partition coefficient (Wildman–Crippen LogP) is 2.76. The van der Waals surface area contributed by atoms with E-state index in [1.54, 1.807) is 24.4 Å². The number of amides is 1. The normalized spacial score (nSPS) is 15.5. The number of hydrogen-bond donors (Lipinski definition) is 2. The summed E-state index contributed by atoms with van der Waals surface area (Å²) in [4.78, 5) is 24.4. The lowest BCUT2D eigenvalue weighted by Gasteiger charge is -2.14. The average Bonchev–Trinajstić information content (AvgIpc) is 3.08. The molecule has 1 unspecified atom stereocenters. The van der Waals surface area contributed by atoms with E-state index in [2.05, 4.69) is 10.6 Å². The van der Waals surface area contributed by atoms with Gasteiger partial charge in [-0.05, 0) is 29.3 Å². The first-order valence-corrected chi connectivity index (χ1v) is 8.23. The number of aromatic nitrogens is 1. The topological polar surface area (TPSA) is 63.1 Å². The predicted molar refractivity (Wildman–Crippen MR) is 96.6 cm³/mol. The maximum absolute atomic E-state index is 14.5. The molecule has 2 heterocycles. The van der Waals surface area contributed by atoms with E-state index in [1.807, 2.05) is 24.3 Å². The van der Waals surface area contributed by atoms with Crippen molar-refractivity contribution in [1.82, 2.24) is 9.88 Å². The molecule has 6 heteroatoms. The number of nitrogens with zero attached hydrogens (tertiary/aromatic N) is 1. The zero-order valence-corrected chi connectivity index (χ0v) is 13.8. The summed E-state index contributed by atoms with van der Waals surface area (Å²) >= 11 is 0. The van der Waals surface area contributed by atoms with Crippen LogP contribution in [0.1, 0.15) is 17.2 Å². The summed E-state index contributed by atoms with van der Waals surface area (Å²) in [6.07, 6.45) is 1.56. The SMILES string of the molecule is O=C(Nc1ccc(-n2ccccc2=O)cc1F)C1NCc2ccccc21. The standard InChI is InChI=1S/C20H16FN3O2/c21-16-11-14(24-10-4-3-7-18(24)25)8-9-17(16)23-20(26)19-15-6-2-1-5-13(15)12-22-19/h1-11,19,22H,12H2,(H,23,26). The van der Waals surface area contributed by atoms with Gasteiger partial charge >= 0.3 is 0 Å². The summed E-state index contributed by atoms with van der Waals surface area (Å²) in [6.45, 7) is 0.604. The Bertz CT molecular complexity index is 1040. The van der Waals surface area contributed by atoms with Gasteiger partial charge in [0, 0.05) is 24.9 Å². The van der Waals surface area contributed by atoms with Gasteiger partial charge in [-0.15, -0.1) is 0 Å². The van der Waals surface area contributed by atoms with Crippen molar-refractivity contribution in [2.45, 2.75) is 12.6 Å². The summed E-state index contributed by atoms with van der Waals surface area (Å²) in [6, 6.07) is 16.1. The summed E-state index contributed by atoms with van der Waals surface area (Å²) in [5, 5.41) is 5.75. The Hall–Kier alpha value is -3.25. The number of benzene rings is 2. The molecule has 1 atom stereocenters. The van der Waals surface area contributed by atoms with Crippen molar-refractivity contribution in [2.75, 3.05) is 5.32 Å². The number of pyridine rings is 1. The van der Waals surface area contributed by atoms with Crippen LogP contribution in [0.5, 0.6) is 0 Å². The maximum atomic E-state index is 14.5. The number of hydrogen-bond acceptors (Lipinski definition) is 3. The van der Waals surface area contributed by atoms with Gasteiger partial charge < -0.3 is 5.32 Å². The van der Waals surface area contributed by atoms with Crippen LogP contribution in [0.15, 0.2) is 71.7 Å². The van der Waals surface area contributed by atoms with Crippen LogP contribution in [0.2, 0.25) is 0 Å². The average molecular weight is 349 g/mol. The first-order valence-electron chi connectivity index (χ1n) is 8.23. The van der Waals surface area contributed by atoms with E-state index in [0.717, 1.165) is 11.1 Å². The number of carbonyl (C=O) groups is 1. The van der Waals surface area contributed by atoms with Gasteiger partial charge in [-0.1, -0.05) is 30.3 Å². The third-order valence-electron chi connectivity index (χ3n) is 4.44. The molecular weight excluding hydrogens is 333 g/mol. The molecule has 0 saturated heterocycles. The summed E-state index contributed by atoms with van der Waals surface area (Å²) in [5.41, 5.74) is 2.18. The molecule has 1 amide bonds. The minimum Gasteiger partial charge on any atom is -0.322 e. The number of halogens is 1. The molecule has 3 aromatic rings. The summed E-state index contributed by atoms with van der Waals surface area (Å²) < 4.78 is 15.8. The molecule has 1 aromatic heterocycles. The minimum absolute atomic E-state index is 0.0777. The third kappa shape index (κ3) is 2.91. The lowest BCUT2D eigenvalue weighted by Crippen LogP contribution is -2.28. The molecule has 0 radical (unpaired) electrons. The van der Waals surface area contributed by atoms with Crippen LogP contribution in [-0.2, 0) is 11.3 Å². The van der Waals surface area contributed by atoms with Crippen LogP contribution < -0.4 is 16.2 Å².